The van der Waals surface area contributed by atoms with Crippen LogP contribution < -0.4 is 0 Å². The van der Waals surface area contributed by atoms with E-state index >= 15 is 0 Å². The molecule has 0 nitrogen and oxygen atoms in total. The molecule has 6 heavy (non-hydrogen) atoms. The van der Waals surface area contributed by atoms with E-state index in [4.69, 9.17) is 0 Å². The van der Waals surface area contributed by atoms with Gasteiger partial charge in [-0.15, -0.1) is 0 Å². The molecule has 0 aliphatic carbocycles. The second kappa shape index (κ2) is 30.6. The largest absolute Gasteiger partial charge is 2.00 e. The summed E-state index contributed by atoms with van der Waals surface area (Å²) in [7, 11) is 0. The van der Waals surface area contributed by atoms with Crippen molar-refractivity contribution in [3.63, 3.8) is 0 Å². The maximum absolute atomic E-state index is 0. The summed E-state index contributed by atoms with van der Waals surface area (Å²) in [5, 5.41) is 0. The van der Waals surface area contributed by atoms with E-state index in [1.54, 1.807) is 0 Å². The number of hydrogen-bond acceptors (Lipinski definition) is 0. The molecule has 0 spiro atoms. The molecule has 6 heteroatoms. The fourth-order valence-electron chi connectivity index (χ4n) is 0. The minimum absolute atomic E-state index is 0. The van der Waals surface area contributed by atoms with Gasteiger partial charge in [0.05, 0.1) is 0 Å². The van der Waals surface area contributed by atoms with E-state index in [0.29, 0.717) is 0 Å². The van der Waals surface area contributed by atoms with Gasteiger partial charge in [0.25, 0.3) is 0 Å². The van der Waals surface area contributed by atoms with Crippen molar-refractivity contribution in [1.82, 2.24) is 0 Å². The first-order valence-corrected chi connectivity index (χ1v) is 0. The molecule has 0 aromatic carbocycles. The van der Waals surface area contributed by atoms with Crippen molar-refractivity contribution in [2.45, 2.75) is 0 Å². The maximum atomic E-state index is 0. The third-order valence-corrected chi connectivity index (χ3v) is 0. The minimum atomic E-state index is 0. The van der Waals surface area contributed by atoms with Crippen molar-refractivity contribution < 1.29 is 124 Å². The summed E-state index contributed by atoms with van der Waals surface area (Å²) < 4.78 is 0. The topological polar surface area (TPSA) is 0 Å². The van der Waals surface area contributed by atoms with Crippen LogP contribution >= 0.6 is 0 Å². The number of rotatable bonds is 0. The van der Waals surface area contributed by atoms with Gasteiger partial charge in [-0.2, -0.15) is 0 Å². The van der Waals surface area contributed by atoms with Gasteiger partial charge >= 0.3 is 60.8 Å². The van der Waals surface area contributed by atoms with Crippen LogP contribution in [0.25, 0.3) is 0 Å². The van der Waals surface area contributed by atoms with E-state index in [1.807, 2.05) is 0 Å². The maximum Gasteiger partial charge on any atom is 2.00 e. The monoisotopic (exact) mass is 469 g/mol. The summed E-state index contributed by atoms with van der Waals surface area (Å²) in [4.78, 5) is 0. The van der Waals surface area contributed by atoms with Crippen molar-refractivity contribution in [1.29, 1.82) is 0 Å². The van der Waals surface area contributed by atoms with Crippen LogP contribution in [0.2, 0.25) is 0 Å². The Kier molecular flexibility index (Phi) is 206. The minimum Gasteiger partial charge on any atom is -1.00 e. The molecular formula is H4CaGdMgYZnZr. The van der Waals surface area contributed by atoms with Crippen LogP contribution in [0.1, 0.15) is 5.71 Å². The van der Waals surface area contributed by atoms with Crippen molar-refractivity contribution >= 4 is 60.8 Å². The zero-order valence-electron chi connectivity index (χ0n) is 7.55. The Morgan fingerprint density at radius 1 is 1.17 bits per heavy atom. The van der Waals surface area contributed by atoms with E-state index in [9.17, 15) is 0 Å². The smallest absolute Gasteiger partial charge is 1.00 e. The van der Waals surface area contributed by atoms with Crippen molar-refractivity contribution in [2.24, 2.45) is 0 Å². The van der Waals surface area contributed by atoms with Gasteiger partial charge in [0, 0.05) is 118 Å². The Labute approximate surface area is 179 Å². The molecule has 0 bridgehead atoms. The third-order valence-electron chi connectivity index (χ3n) is 0. The molecule has 0 amide bonds. The van der Waals surface area contributed by atoms with Gasteiger partial charge in [0.15, 0.2) is 0 Å². The molecule has 0 rings (SSSR count). The second-order valence-electron chi connectivity index (χ2n) is 0. The third kappa shape index (κ3) is 22.5. The van der Waals surface area contributed by atoms with Crippen LogP contribution in [-0.2, 0) is 78.4 Å². The molecule has 0 aromatic rings. The molecule has 0 N–H and O–H groups in total. The second-order valence-corrected chi connectivity index (χ2v) is 0. The molecule has 0 fully saturated rings. The zero-order chi connectivity index (χ0) is 0. The Morgan fingerprint density at radius 2 is 1.17 bits per heavy atom. The van der Waals surface area contributed by atoms with Crippen LogP contribution in [0, 0.1) is 39.9 Å². The molecule has 0 saturated heterocycles. The predicted molar refractivity (Wildman–Crippen MR) is 16.0 cm³/mol. The number of hydrogen-bond donors (Lipinski definition) is 0. The summed E-state index contributed by atoms with van der Waals surface area (Å²) in [6, 6.07) is 0. The molecule has 0 unspecified atom stereocenters. The first kappa shape index (κ1) is 40.4. The van der Waals surface area contributed by atoms with Gasteiger partial charge in [-0.05, 0) is 0 Å². The first-order chi connectivity index (χ1) is 0. The van der Waals surface area contributed by atoms with Gasteiger partial charge in [-0.1, -0.05) is 0 Å². The summed E-state index contributed by atoms with van der Waals surface area (Å²) >= 11 is 0. The molecular weight excluding hydrogens is 467 g/mol. The Hall–Kier alpha value is 5.96. The van der Waals surface area contributed by atoms with Crippen molar-refractivity contribution in [2.75, 3.05) is 0 Å². The molecule has 1 radical (unpaired) electrons. The van der Waals surface area contributed by atoms with Gasteiger partial charge in [-0.25, -0.2) is 0 Å². The summed E-state index contributed by atoms with van der Waals surface area (Å²) in [6.07, 6.45) is 0. The average Bonchev–Trinajstić information content (AvgIpc) is 0. The molecule has 0 aliphatic heterocycles. The van der Waals surface area contributed by atoms with Gasteiger partial charge < -0.3 is 5.71 Å². The molecule has 0 atom stereocenters. The molecule has 25 valence electrons. The quantitative estimate of drug-likeness (QED) is 0.426. The summed E-state index contributed by atoms with van der Waals surface area (Å²) in [5.41, 5.74) is 0. The SMILES string of the molecule is [Ca+2].[Gd].[H-].[H-].[H-].[H-].[Mg+2].[Y].[Zn].[Zr]. The van der Waals surface area contributed by atoms with Gasteiger partial charge in [0.1, 0.15) is 0 Å². The average molecular weight is 471 g/mol. The molecule has 0 heterocycles. The Balaban J connectivity index is 0. The van der Waals surface area contributed by atoms with E-state index < -0.39 is 0 Å². The van der Waals surface area contributed by atoms with Crippen LogP contribution in [0.15, 0.2) is 0 Å². The van der Waals surface area contributed by atoms with Gasteiger partial charge in [0.2, 0.25) is 0 Å². The summed E-state index contributed by atoms with van der Waals surface area (Å²) in [6.45, 7) is 0. The van der Waals surface area contributed by atoms with Gasteiger partial charge in [-0.3, -0.25) is 0 Å². The van der Waals surface area contributed by atoms with Crippen LogP contribution in [0.3, 0.4) is 0 Å². The van der Waals surface area contributed by atoms with Crippen LogP contribution in [0.4, 0.5) is 0 Å². The molecule has 0 saturated carbocycles. The van der Waals surface area contributed by atoms with E-state index in [0.717, 1.165) is 0 Å². The zero-order valence-corrected chi connectivity index (χ0v) is 17.7. The van der Waals surface area contributed by atoms with E-state index in [-0.39, 0.29) is 185 Å². The fourth-order valence-corrected chi connectivity index (χ4v) is 0. The first-order valence-electron chi connectivity index (χ1n) is 0. The summed E-state index contributed by atoms with van der Waals surface area (Å²) in [5.74, 6) is 0. The Morgan fingerprint density at radius 3 is 1.17 bits per heavy atom. The normalized spacial score (nSPS) is 0. The van der Waals surface area contributed by atoms with E-state index in [2.05, 4.69) is 0 Å². The standard InChI is InChI=1S/Ca.Gd.Mg.Y.Zn.Zr.4H/q+2;;+2;;;;4*-1. The van der Waals surface area contributed by atoms with Crippen molar-refractivity contribution in [3.05, 3.63) is 0 Å². The van der Waals surface area contributed by atoms with E-state index in [1.165, 1.54) is 0 Å². The molecule has 0 aliphatic rings. The van der Waals surface area contributed by atoms with Crippen LogP contribution in [-0.4, -0.2) is 60.8 Å². The fraction of sp³-hybridized carbons (Fsp3) is 0. The Bertz CT molecular complexity index is 25.2. The molecule has 0 aromatic heterocycles. The van der Waals surface area contributed by atoms with Crippen molar-refractivity contribution in [3.8, 4) is 0 Å². The van der Waals surface area contributed by atoms with Crippen LogP contribution in [0.5, 0.6) is 0 Å². The predicted octanol–water partition coefficient (Wildman–Crippen LogP) is -0.319.